The Balaban J connectivity index is 1.58. The van der Waals surface area contributed by atoms with E-state index in [1.165, 1.54) is 29.2 Å². The number of carbonyl (C=O) groups is 2. The molecule has 2 atom stereocenters. The number of aromatic nitrogens is 1. The molecule has 2 aromatic carbocycles. The maximum Gasteiger partial charge on any atom is 0.417 e. The summed E-state index contributed by atoms with van der Waals surface area (Å²) in [6, 6.07) is 12.1. The van der Waals surface area contributed by atoms with Gasteiger partial charge in [0.15, 0.2) is 0 Å². The number of halogens is 3. The number of likely N-dealkylation sites (tertiary alicyclic amines) is 1. The number of hydrogen-bond donors (Lipinski definition) is 3. The average molecular weight is 553 g/mol. The Bertz CT molecular complexity index is 1470. The van der Waals surface area contributed by atoms with Crippen molar-refractivity contribution < 1.29 is 27.9 Å². The summed E-state index contributed by atoms with van der Waals surface area (Å²) in [4.78, 5) is 26.7. The number of hydrogen-bond acceptors (Lipinski definition) is 4. The number of benzene rings is 2. The number of allylic oxidation sites excluding steroid dienone is 1. The first-order chi connectivity index (χ1) is 19.1. The molecule has 1 saturated heterocycles. The van der Waals surface area contributed by atoms with Gasteiger partial charge in [0.05, 0.1) is 16.7 Å². The number of rotatable bonds is 7. The van der Waals surface area contributed by atoms with Crippen molar-refractivity contribution in [1.82, 2.24) is 14.8 Å². The molecule has 2 heterocycles. The highest BCUT2D eigenvalue weighted by Gasteiger charge is 2.44. The summed E-state index contributed by atoms with van der Waals surface area (Å²) < 4.78 is 45.3. The van der Waals surface area contributed by atoms with Crippen molar-refractivity contribution in [2.24, 2.45) is 11.7 Å². The molecule has 40 heavy (non-hydrogen) atoms. The first-order valence-corrected chi connectivity index (χ1v) is 13.3. The monoisotopic (exact) mass is 552 g/mol. The fourth-order valence-electron chi connectivity index (χ4n) is 5.74. The van der Waals surface area contributed by atoms with Crippen LogP contribution < -0.4 is 11.1 Å². The highest BCUT2D eigenvalue weighted by molar-refractivity contribution is 5.98. The zero-order chi connectivity index (χ0) is 28.6. The van der Waals surface area contributed by atoms with Gasteiger partial charge in [-0.05, 0) is 61.1 Å². The molecule has 4 N–H and O–H groups in total. The molecule has 1 amide bonds. The van der Waals surface area contributed by atoms with Crippen LogP contribution in [0.15, 0.2) is 66.6 Å². The van der Waals surface area contributed by atoms with Crippen LogP contribution in [0.25, 0.3) is 16.8 Å². The Hall–Kier alpha value is -4.21. The fraction of sp³-hybridized carbons (Fsp3) is 0.333. The summed E-state index contributed by atoms with van der Waals surface area (Å²) in [6.45, 7) is 0.878. The predicted molar refractivity (Wildman–Crippen MR) is 145 cm³/mol. The molecule has 1 aliphatic heterocycles. The van der Waals surface area contributed by atoms with Crippen molar-refractivity contribution in [2.75, 3.05) is 20.1 Å². The maximum atomic E-state index is 14.5. The SMILES string of the molecule is CN/C=C(\N)C1C[C@H]1c1c(C(=O)O)ccn1-c1cccc(-c2cccc(C(=O)N3CCCCC3)c2C(F)(F)F)c1. The minimum absolute atomic E-state index is 0.0447. The topological polar surface area (TPSA) is 101 Å². The van der Waals surface area contributed by atoms with Crippen LogP contribution in [0.1, 0.15) is 63.6 Å². The molecule has 0 spiro atoms. The number of nitrogens with one attached hydrogen (secondary N) is 1. The predicted octanol–water partition coefficient (Wildman–Crippen LogP) is 5.61. The van der Waals surface area contributed by atoms with Gasteiger partial charge in [-0.3, -0.25) is 4.79 Å². The van der Waals surface area contributed by atoms with Gasteiger partial charge < -0.3 is 25.6 Å². The molecule has 0 bridgehead atoms. The quantitative estimate of drug-likeness (QED) is 0.354. The van der Waals surface area contributed by atoms with Crippen LogP contribution in [-0.2, 0) is 6.18 Å². The second-order valence-corrected chi connectivity index (χ2v) is 10.3. The molecule has 2 fully saturated rings. The van der Waals surface area contributed by atoms with E-state index in [2.05, 4.69) is 5.32 Å². The van der Waals surface area contributed by atoms with Crippen LogP contribution in [0.5, 0.6) is 0 Å². The zero-order valence-corrected chi connectivity index (χ0v) is 22.0. The number of aromatic carboxylic acids is 1. The molecule has 1 unspecified atom stereocenters. The van der Waals surface area contributed by atoms with Gasteiger partial charge in [-0.25, -0.2) is 4.79 Å². The van der Waals surface area contributed by atoms with E-state index in [4.69, 9.17) is 5.73 Å². The van der Waals surface area contributed by atoms with Crippen LogP contribution >= 0.6 is 0 Å². The molecular formula is C30H31F3N4O3. The van der Waals surface area contributed by atoms with E-state index >= 15 is 0 Å². The number of nitrogens with two attached hydrogens (primary N) is 1. The van der Waals surface area contributed by atoms with E-state index in [0.29, 0.717) is 36.6 Å². The molecule has 210 valence electrons. The average Bonchev–Trinajstić information content (AvgIpc) is 3.61. The maximum absolute atomic E-state index is 14.5. The third-order valence-corrected chi connectivity index (χ3v) is 7.69. The number of carbonyl (C=O) groups excluding carboxylic acids is 1. The van der Waals surface area contributed by atoms with Gasteiger partial charge in [0.2, 0.25) is 0 Å². The summed E-state index contributed by atoms with van der Waals surface area (Å²) >= 11 is 0. The molecule has 2 aliphatic rings. The van der Waals surface area contributed by atoms with Gasteiger partial charge >= 0.3 is 12.1 Å². The molecule has 1 aromatic heterocycles. The fourth-order valence-corrected chi connectivity index (χ4v) is 5.74. The van der Waals surface area contributed by atoms with Crippen molar-refractivity contribution in [1.29, 1.82) is 0 Å². The van der Waals surface area contributed by atoms with Crippen LogP contribution in [0.4, 0.5) is 13.2 Å². The number of nitrogens with zero attached hydrogens (tertiary/aromatic N) is 2. The summed E-state index contributed by atoms with van der Waals surface area (Å²) in [5, 5.41) is 12.7. The third kappa shape index (κ3) is 5.17. The lowest BCUT2D eigenvalue weighted by molar-refractivity contribution is -0.137. The number of alkyl halides is 3. The van der Waals surface area contributed by atoms with E-state index in [0.717, 1.165) is 19.3 Å². The summed E-state index contributed by atoms with van der Waals surface area (Å²) in [6.07, 6.45) is 1.68. The zero-order valence-electron chi connectivity index (χ0n) is 22.0. The Morgan fingerprint density at radius 1 is 1.05 bits per heavy atom. The smallest absolute Gasteiger partial charge is 0.417 e. The van der Waals surface area contributed by atoms with Crippen molar-refractivity contribution >= 4 is 11.9 Å². The van der Waals surface area contributed by atoms with Gasteiger partial charge in [-0.15, -0.1) is 0 Å². The first-order valence-electron chi connectivity index (χ1n) is 13.3. The highest BCUT2D eigenvalue weighted by atomic mass is 19.4. The van der Waals surface area contributed by atoms with E-state index in [-0.39, 0.29) is 34.1 Å². The van der Waals surface area contributed by atoms with Gasteiger partial charge in [0, 0.05) is 61.4 Å². The minimum Gasteiger partial charge on any atom is -0.478 e. The van der Waals surface area contributed by atoms with Crippen LogP contribution in [0.2, 0.25) is 0 Å². The summed E-state index contributed by atoms with van der Waals surface area (Å²) in [5.74, 6) is -1.90. The van der Waals surface area contributed by atoms with Gasteiger partial charge in [-0.1, -0.05) is 24.3 Å². The number of piperidine rings is 1. The number of amides is 1. The van der Waals surface area contributed by atoms with Gasteiger partial charge in [-0.2, -0.15) is 13.2 Å². The third-order valence-electron chi connectivity index (χ3n) is 7.69. The Morgan fingerprint density at radius 2 is 1.77 bits per heavy atom. The Labute approximate surface area is 230 Å². The summed E-state index contributed by atoms with van der Waals surface area (Å²) in [5.41, 5.74) is 6.80. The Morgan fingerprint density at radius 3 is 2.45 bits per heavy atom. The lowest BCUT2D eigenvalue weighted by Crippen LogP contribution is -2.36. The first kappa shape index (κ1) is 27.4. The highest BCUT2D eigenvalue weighted by Crippen LogP contribution is 2.52. The minimum atomic E-state index is -4.76. The molecule has 5 rings (SSSR count). The van der Waals surface area contributed by atoms with Gasteiger partial charge in [0.1, 0.15) is 0 Å². The van der Waals surface area contributed by atoms with Crippen molar-refractivity contribution in [3.05, 3.63) is 89.0 Å². The van der Waals surface area contributed by atoms with Crippen molar-refractivity contribution in [3.8, 4) is 16.8 Å². The normalized spacial score (nSPS) is 19.4. The number of carboxylic acid groups (broad SMARTS) is 1. The van der Waals surface area contributed by atoms with Crippen molar-refractivity contribution in [2.45, 2.75) is 37.8 Å². The molecule has 1 saturated carbocycles. The second-order valence-electron chi connectivity index (χ2n) is 10.3. The van der Waals surface area contributed by atoms with E-state index < -0.39 is 23.6 Å². The Kier molecular flexibility index (Phi) is 7.35. The van der Waals surface area contributed by atoms with Crippen molar-refractivity contribution in [3.63, 3.8) is 0 Å². The molecular weight excluding hydrogens is 521 g/mol. The second kappa shape index (κ2) is 10.7. The summed E-state index contributed by atoms with van der Waals surface area (Å²) in [7, 11) is 1.73. The lowest BCUT2D eigenvalue weighted by Gasteiger charge is -2.28. The van der Waals surface area contributed by atoms with Crippen LogP contribution in [0.3, 0.4) is 0 Å². The molecule has 0 radical (unpaired) electrons. The molecule has 1 aliphatic carbocycles. The molecule has 10 heteroatoms. The number of carboxylic acids is 1. The standard InChI is InChI=1S/C30H31F3N4O3/c1-35-17-25(34)23-16-24(23)27-22(29(39)40)11-14-37(27)19-8-5-7-18(15-19)20-9-6-10-21(26(20)30(31,32)33)28(38)36-12-3-2-4-13-36/h5-11,14-15,17,23-24,35H,2-4,12-13,16,34H2,1H3,(H,39,40)/b25-17-/t23?,24-/m1/s1. The van der Waals surface area contributed by atoms with E-state index in [9.17, 15) is 27.9 Å². The van der Waals surface area contributed by atoms with Crippen LogP contribution in [0, 0.1) is 5.92 Å². The van der Waals surface area contributed by atoms with E-state index in [1.54, 1.807) is 48.3 Å². The largest absolute Gasteiger partial charge is 0.478 e. The van der Waals surface area contributed by atoms with E-state index in [1.807, 2.05) is 0 Å². The lowest BCUT2D eigenvalue weighted by atomic mass is 9.93. The molecule has 7 nitrogen and oxygen atoms in total. The molecule has 3 aromatic rings. The van der Waals surface area contributed by atoms with Crippen LogP contribution in [-0.4, -0.2) is 46.6 Å². The van der Waals surface area contributed by atoms with Gasteiger partial charge in [0.25, 0.3) is 5.91 Å².